The zero-order valence-corrected chi connectivity index (χ0v) is 38.9. The number of carboxylic acid groups (broad SMARTS) is 4. The van der Waals surface area contributed by atoms with Crippen LogP contribution in [0.1, 0.15) is 145 Å². The van der Waals surface area contributed by atoms with Gasteiger partial charge in [-0.15, -0.1) is 0 Å². The molecule has 0 aliphatic rings. The van der Waals surface area contributed by atoms with E-state index in [1.54, 1.807) is 72.8 Å². The van der Waals surface area contributed by atoms with Crippen LogP contribution in [-0.4, -0.2) is 51.2 Å². The molecule has 0 bridgehead atoms. The fourth-order valence-corrected chi connectivity index (χ4v) is 5.24. The largest absolute Gasteiger partial charge is 0.545 e. The van der Waals surface area contributed by atoms with E-state index < -0.39 is 23.9 Å². The van der Waals surface area contributed by atoms with E-state index in [0.717, 1.165) is 73.6 Å². The summed E-state index contributed by atoms with van der Waals surface area (Å²) in [7, 11) is 0. The van der Waals surface area contributed by atoms with Crippen molar-refractivity contribution in [2.45, 2.75) is 107 Å². The first kappa shape index (κ1) is 52.7. The van der Waals surface area contributed by atoms with Gasteiger partial charge in [-0.1, -0.05) is 128 Å². The van der Waals surface area contributed by atoms with Gasteiger partial charge in [0.15, 0.2) is 0 Å². The Morgan fingerprint density at radius 3 is 0.684 bits per heavy atom. The molecule has 0 aromatic heterocycles. The number of benzene rings is 4. The maximum Gasteiger partial charge on any atom is 0.0715 e. The molecule has 0 heterocycles. The Morgan fingerprint density at radius 1 is 0.368 bits per heavy atom. The number of aromatic carboxylic acids is 4. The van der Waals surface area contributed by atoms with Gasteiger partial charge in [-0.3, -0.25) is 0 Å². The number of carboxylic acids is 4. The molecule has 0 amide bonds. The molecule has 0 N–H and O–H groups in total. The molecule has 0 aliphatic carbocycles. The second-order valence-electron chi connectivity index (χ2n) is 15.7. The number of rotatable bonds is 16. The van der Waals surface area contributed by atoms with Crippen LogP contribution in [0.3, 0.4) is 0 Å². The van der Waals surface area contributed by atoms with Gasteiger partial charge in [-0.2, -0.15) is 0 Å². The molecule has 0 fully saturated rings. The van der Waals surface area contributed by atoms with Crippen molar-refractivity contribution in [1.29, 1.82) is 0 Å². The summed E-state index contributed by atoms with van der Waals surface area (Å²) in [6.45, 7) is 17.2. The Kier molecular flexibility index (Phi) is 26.8. The number of hydrogen-bond acceptors (Lipinski definition) is 8. The third-order valence-electron chi connectivity index (χ3n) is 8.69. The van der Waals surface area contributed by atoms with Gasteiger partial charge in [0.05, 0.1) is 23.9 Å². The van der Waals surface area contributed by atoms with Gasteiger partial charge in [-0.05, 0) is 144 Å². The molecule has 0 aliphatic heterocycles. The van der Waals surface area contributed by atoms with Gasteiger partial charge in [-0.25, -0.2) is 0 Å². The molecular formula is C48H60O8Pb-4. The minimum Gasteiger partial charge on any atom is -0.545 e. The molecule has 0 unspecified atom stereocenters. The molecule has 0 saturated carbocycles. The van der Waals surface area contributed by atoms with Crippen LogP contribution in [-0.2, 0) is 25.7 Å². The van der Waals surface area contributed by atoms with E-state index in [-0.39, 0.29) is 49.6 Å². The van der Waals surface area contributed by atoms with Crippen LogP contribution >= 0.6 is 0 Å². The predicted molar refractivity (Wildman–Crippen MR) is 221 cm³/mol. The summed E-state index contributed by atoms with van der Waals surface area (Å²) in [5, 5.41) is 42.3. The predicted octanol–water partition coefficient (Wildman–Crippen LogP) is 6.17. The first-order chi connectivity index (χ1) is 26.4. The fraction of sp³-hybridized carbons (Fsp3) is 0.417. The van der Waals surface area contributed by atoms with Crippen molar-refractivity contribution in [1.82, 2.24) is 0 Å². The summed E-state index contributed by atoms with van der Waals surface area (Å²) in [6.07, 6.45) is 8.04. The SMILES string of the molecule is CC(C)CCc1cccc(C(=O)[O-])c1.CC(C)CCc1cccc(C(=O)[O-])c1.CC(C)CCc1cccc(C(=O)[O-])c1.CC(C)CCc1cccc(C(=O)[O-])c1.[Pb]. The molecule has 0 saturated heterocycles. The second kappa shape index (κ2) is 29.0. The van der Waals surface area contributed by atoms with Crippen LogP contribution in [0.15, 0.2) is 97.1 Å². The zero-order chi connectivity index (χ0) is 42.2. The van der Waals surface area contributed by atoms with Gasteiger partial charge in [0.25, 0.3) is 0 Å². The van der Waals surface area contributed by atoms with Crippen molar-refractivity contribution < 1.29 is 39.6 Å². The van der Waals surface area contributed by atoms with Gasteiger partial charge >= 0.3 is 0 Å². The molecule has 4 aromatic carbocycles. The van der Waals surface area contributed by atoms with Crippen LogP contribution in [0.2, 0.25) is 0 Å². The maximum absolute atomic E-state index is 10.6. The fourth-order valence-electron chi connectivity index (χ4n) is 5.24. The molecule has 0 atom stereocenters. The van der Waals surface area contributed by atoms with Crippen molar-refractivity contribution in [3.63, 3.8) is 0 Å². The first-order valence-corrected chi connectivity index (χ1v) is 19.6. The maximum atomic E-state index is 10.6. The molecule has 57 heavy (non-hydrogen) atoms. The molecule has 4 radical (unpaired) electrons. The van der Waals surface area contributed by atoms with Crippen LogP contribution in [0.25, 0.3) is 0 Å². The van der Waals surface area contributed by atoms with Crippen molar-refractivity contribution in [3.05, 3.63) is 142 Å². The number of hydrogen-bond donors (Lipinski definition) is 0. The molecule has 308 valence electrons. The Bertz CT molecular complexity index is 1530. The van der Waals surface area contributed by atoms with Gasteiger partial charge < -0.3 is 39.6 Å². The Labute approximate surface area is 360 Å². The average Bonchev–Trinajstić information content (AvgIpc) is 3.15. The van der Waals surface area contributed by atoms with Gasteiger partial charge in [0.2, 0.25) is 0 Å². The van der Waals surface area contributed by atoms with Crippen LogP contribution in [0.4, 0.5) is 0 Å². The summed E-state index contributed by atoms with van der Waals surface area (Å²) in [6, 6.07) is 27.9. The third kappa shape index (κ3) is 24.8. The summed E-state index contributed by atoms with van der Waals surface area (Å²) in [4.78, 5) is 42.3. The van der Waals surface area contributed by atoms with E-state index in [0.29, 0.717) is 23.7 Å². The van der Waals surface area contributed by atoms with Crippen molar-refractivity contribution in [3.8, 4) is 0 Å². The van der Waals surface area contributed by atoms with Crippen LogP contribution in [0, 0.1) is 23.7 Å². The van der Waals surface area contributed by atoms with E-state index in [2.05, 4.69) is 55.4 Å². The summed E-state index contributed by atoms with van der Waals surface area (Å²) in [5.74, 6) is -1.84. The molecule has 4 rings (SSSR count). The van der Waals surface area contributed by atoms with Gasteiger partial charge in [0, 0.05) is 27.3 Å². The van der Waals surface area contributed by atoms with E-state index in [4.69, 9.17) is 0 Å². The monoisotopic (exact) mass is 972 g/mol. The Morgan fingerprint density at radius 2 is 0.544 bits per heavy atom. The number of carbonyl (C=O) groups is 4. The minimum absolute atomic E-state index is 0. The first-order valence-electron chi connectivity index (χ1n) is 19.6. The van der Waals surface area contributed by atoms with E-state index in [9.17, 15) is 39.6 Å². The molecule has 9 heteroatoms. The number of carbonyl (C=O) groups excluding carboxylic acids is 4. The quantitative estimate of drug-likeness (QED) is 0.121. The Hall–Kier alpha value is -4.32. The third-order valence-corrected chi connectivity index (χ3v) is 8.69. The van der Waals surface area contributed by atoms with Crippen LogP contribution in [0.5, 0.6) is 0 Å². The Balaban J connectivity index is 0.000000729. The average molecular weight is 972 g/mol. The van der Waals surface area contributed by atoms with E-state index >= 15 is 0 Å². The van der Waals surface area contributed by atoms with Crippen molar-refractivity contribution >= 4 is 51.2 Å². The molecule has 4 aromatic rings. The molecule has 0 spiro atoms. The summed E-state index contributed by atoms with van der Waals surface area (Å²) < 4.78 is 0. The second-order valence-corrected chi connectivity index (χ2v) is 15.7. The number of aryl methyl sites for hydroxylation is 4. The summed E-state index contributed by atoms with van der Waals surface area (Å²) >= 11 is 0. The standard InChI is InChI=1S/4C12H16O2.Pb/c4*1-9(2)6-7-10-4-3-5-11(8-10)12(13)14;/h4*3-5,8-9H,6-7H2,1-2H3,(H,13,14);/p-4. The smallest absolute Gasteiger partial charge is 0.0715 e. The van der Waals surface area contributed by atoms with E-state index in [1.807, 2.05) is 24.3 Å². The molecule has 8 nitrogen and oxygen atoms in total. The topological polar surface area (TPSA) is 161 Å². The molecular weight excluding hydrogens is 912 g/mol. The van der Waals surface area contributed by atoms with E-state index in [1.165, 1.54) is 0 Å². The van der Waals surface area contributed by atoms with Crippen molar-refractivity contribution in [2.24, 2.45) is 23.7 Å². The van der Waals surface area contributed by atoms with Crippen LogP contribution < -0.4 is 20.4 Å². The zero-order valence-electron chi connectivity index (χ0n) is 35.0. The minimum atomic E-state index is -1.10. The normalized spacial score (nSPS) is 10.3. The van der Waals surface area contributed by atoms with Crippen molar-refractivity contribution in [2.75, 3.05) is 0 Å². The summed E-state index contributed by atoms with van der Waals surface area (Å²) in [5.41, 5.74) is 5.36. The van der Waals surface area contributed by atoms with Gasteiger partial charge in [0.1, 0.15) is 0 Å².